The Balaban J connectivity index is 1.59. The quantitative estimate of drug-likeness (QED) is 0.385. The van der Waals surface area contributed by atoms with E-state index in [-0.39, 0.29) is 35.0 Å². The predicted molar refractivity (Wildman–Crippen MR) is 103 cm³/mol. The fourth-order valence-corrected chi connectivity index (χ4v) is 3.66. The molecule has 166 valence electrons. The fraction of sp³-hybridized carbons (Fsp3) is 0.381. The first-order valence-electron chi connectivity index (χ1n) is 9.61. The van der Waals surface area contributed by atoms with Crippen molar-refractivity contribution in [2.45, 2.75) is 43.2 Å². The van der Waals surface area contributed by atoms with Crippen molar-refractivity contribution in [3.05, 3.63) is 47.5 Å². The molecule has 0 amide bonds. The molecule has 0 radical (unpaired) electrons. The number of ether oxygens (including phenoxy) is 3. The number of Topliss-reactive ketones (excluding diaryl/α,β-unsaturated/α-hetero) is 1. The van der Waals surface area contributed by atoms with Crippen molar-refractivity contribution in [2.24, 2.45) is 0 Å². The van der Waals surface area contributed by atoms with Gasteiger partial charge in [0.2, 0.25) is 6.29 Å². The van der Waals surface area contributed by atoms with Gasteiger partial charge in [-0.25, -0.2) is 0 Å². The topological polar surface area (TPSA) is 166 Å². The molecule has 0 bridgehead atoms. The summed E-state index contributed by atoms with van der Waals surface area (Å²) < 4.78 is 16.7. The van der Waals surface area contributed by atoms with E-state index in [1.165, 1.54) is 18.2 Å². The molecule has 6 N–H and O–H groups in total. The summed E-state index contributed by atoms with van der Waals surface area (Å²) in [6, 6.07) is 8.64. The Bertz CT molecular complexity index is 957. The number of hydrogen-bond donors (Lipinski definition) is 6. The Labute approximate surface area is 176 Å². The molecule has 10 nitrogen and oxygen atoms in total. The van der Waals surface area contributed by atoms with E-state index in [1.807, 2.05) is 0 Å². The highest BCUT2D eigenvalue weighted by atomic mass is 16.7. The third-order valence-electron chi connectivity index (χ3n) is 5.34. The first-order chi connectivity index (χ1) is 14.8. The van der Waals surface area contributed by atoms with Crippen LogP contribution >= 0.6 is 0 Å². The van der Waals surface area contributed by atoms with E-state index in [0.29, 0.717) is 5.56 Å². The Morgan fingerprint density at radius 3 is 2.39 bits per heavy atom. The molecule has 0 unspecified atom stereocenters. The number of carbonyl (C=O) groups excluding carboxylic acids is 1. The van der Waals surface area contributed by atoms with Gasteiger partial charge in [0.05, 0.1) is 13.0 Å². The van der Waals surface area contributed by atoms with Crippen LogP contribution in [0.25, 0.3) is 0 Å². The lowest BCUT2D eigenvalue weighted by atomic mass is 9.95. The summed E-state index contributed by atoms with van der Waals surface area (Å²) in [7, 11) is 0. The lowest BCUT2D eigenvalue weighted by molar-refractivity contribution is -0.277. The highest BCUT2D eigenvalue weighted by molar-refractivity contribution is 6.02. The Kier molecular flexibility index (Phi) is 5.73. The smallest absolute Gasteiger partial charge is 0.229 e. The molecule has 6 atom stereocenters. The molecular formula is C21H22O10. The van der Waals surface area contributed by atoms with E-state index in [0.717, 1.165) is 6.07 Å². The number of fused-ring (bicyclic) bond motifs is 1. The average Bonchev–Trinajstić information content (AvgIpc) is 2.74. The number of aromatic hydroxyl groups is 2. The minimum atomic E-state index is -1.64. The molecule has 0 aliphatic carbocycles. The number of benzene rings is 2. The van der Waals surface area contributed by atoms with Gasteiger partial charge in [-0.1, -0.05) is 12.1 Å². The van der Waals surface area contributed by atoms with Gasteiger partial charge in [-0.2, -0.15) is 0 Å². The van der Waals surface area contributed by atoms with Gasteiger partial charge in [-0.3, -0.25) is 4.79 Å². The van der Waals surface area contributed by atoms with Crippen molar-refractivity contribution in [1.29, 1.82) is 0 Å². The van der Waals surface area contributed by atoms with Gasteiger partial charge in [-0.05, 0) is 17.7 Å². The van der Waals surface area contributed by atoms with Crippen molar-refractivity contribution >= 4 is 5.78 Å². The van der Waals surface area contributed by atoms with Crippen LogP contribution in [0.5, 0.6) is 23.0 Å². The van der Waals surface area contributed by atoms with Gasteiger partial charge in [0.25, 0.3) is 0 Å². The molecule has 2 heterocycles. The van der Waals surface area contributed by atoms with E-state index < -0.39 is 49.2 Å². The highest BCUT2D eigenvalue weighted by Crippen LogP contribution is 2.42. The van der Waals surface area contributed by atoms with Crippen LogP contribution < -0.4 is 9.47 Å². The first kappa shape index (κ1) is 21.3. The standard InChI is InChI=1S/C21H22O10/c22-8-16-18(26)19(27)20(28)21(31-16)29-11-5-12(24)17-13(25)7-14(30-15(17)6-11)9-1-3-10(23)4-2-9/h1-6,14,16,18-24,26-28H,7-8H2/t14-,16+,18-,19-,20-,21+/m1/s1. The molecular weight excluding hydrogens is 412 g/mol. The van der Waals surface area contributed by atoms with Crippen LogP contribution in [0.3, 0.4) is 0 Å². The normalized spacial score (nSPS) is 30.4. The van der Waals surface area contributed by atoms with Crippen molar-refractivity contribution in [3.63, 3.8) is 0 Å². The second kappa shape index (κ2) is 8.33. The minimum absolute atomic E-state index is 0.0156. The van der Waals surface area contributed by atoms with Gasteiger partial charge in [0, 0.05) is 12.1 Å². The molecule has 1 fully saturated rings. The zero-order valence-corrected chi connectivity index (χ0v) is 16.2. The summed E-state index contributed by atoms with van der Waals surface area (Å²) >= 11 is 0. The summed E-state index contributed by atoms with van der Waals surface area (Å²) in [4.78, 5) is 12.6. The van der Waals surface area contributed by atoms with E-state index >= 15 is 0 Å². The van der Waals surface area contributed by atoms with Crippen LogP contribution in [-0.4, -0.2) is 73.7 Å². The van der Waals surface area contributed by atoms with Crippen molar-refractivity contribution in [2.75, 3.05) is 6.61 Å². The van der Waals surface area contributed by atoms with E-state index in [4.69, 9.17) is 14.2 Å². The lowest BCUT2D eigenvalue weighted by Gasteiger charge is -2.39. The third kappa shape index (κ3) is 4.03. The highest BCUT2D eigenvalue weighted by Gasteiger charge is 2.45. The molecule has 2 aromatic rings. The monoisotopic (exact) mass is 434 g/mol. The zero-order valence-electron chi connectivity index (χ0n) is 16.2. The summed E-state index contributed by atoms with van der Waals surface area (Å²) in [5.74, 6) is -0.657. The number of carbonyl (C=O) groups is 1. The molecule has 2 aliphatic rings. The van der Waals surface area contributed by atoms with Gasteiger partial charge in [0.1, 0.15) is 59.1 Å². The molecule has 0 aromatic heterocycles. The third-order valence-corrected chi connectivity index (χ3v) is 5.34. The number of rotatable bonds is 4. The SMILES string of the molecule is O=C1C[C@H](c2ccc(O)cc2)Oc2cc(O[C@H]3O[C@@H](CO)[C@@H](O)[C@@H](O)[C@H]3O)cc(O)c21. The summed E-state index contributed by atoms with van der Waals surface area (Å²) in [6.45, 7) is -0.619. The van der Waals surface area contributed by atoms with Crippen LogP contribution in [-0.2, 0) is 4.74 Å². The van der Waals surface area contributed by atoms with Crippen molar-refractivity contribution in [1.82, 2.24) is 0 Å². The number of phenols is 2. The fourth-order valence-electron chi connectivity index (χ4n) is 3.66. The molecule has 2 aliphatic heterocycles. The van der Waals surface area contributed by atoms with Gasteiger partial charge >= 0.3 is 0 Å². The summed E-state index contributed by atoms with van der Waals surface area (Å²) in [5, 5.41) is 59.0. The first-order valence-corrected chi connectivity index (χ1v) is 9.61. The van der Waals surface area contributed by atoms with Crippen LogP contribution in [0.1, 0.15) is 28.4 Å². The van der Waals surface area contributed by atoms with E-state index in [2.05, 4.69) is 0 Å². The second-order valence-electron chi connectivity index (χ2n) is 7.46. The molecule has 10 heteroatoms. The van der Waals surface area contributed by atoms with E-state index in [1.54, 1.807) is 12.1 Å². The average molecular weight is 434 g/mol. The van der Waals surface area contributed by atoms with Gasteiger partial charge < -0.3 is 44.8 Å². The van der Waals surface area contributed by atoms with Crippen LogP contribution in [0.15, 0.2) is 36.4 Å². The summed E-state index contributed by atoms with van der Waals surface area (Å²) in [5.41, 5.74) is 0.632. The molecule has 0 saturated carbocycles. The number of hydrogen-bond acceptors (Lipinski definition) is 10. The van der Waals surface area contributed by atoms with Gasteiger partial charge in [-0.15, -0.1) is 0 Å². The maximum absolute atomic E-state index is 12.6. The maximum atomic E-state index is 12.6. The Morgan fingerprint density at radius 1 is 1.00 bits per heavy atom. The number of aliphatic hydroxyl groups excluding tert-OH is 4. The predicted octanol–water partition coefficient (Wildman–Crippen LogP) is -0.0170. The molecule has 0 spiro atoms. The van der Waals surface area contributed by atoms with Gasteiger partial charge in [0.15, 0.2) is 5.78 Å². The largest absolute Gasteiger partial charge is 0.508 e. The molecule has 31 heavy (non-hydrogen) atoms. The Morgan fingerprint density at radius 2 is 1.71 bits per heavy atom. The number of aliphatic hydroxyl groups is 4. The second-order valence-corrected chi connectivity index (χ2v) is 7.46. The van der Waals surface area contributed by atoms with Crippen LogP contribution in [0.2, 0.25) is 0 Å². The lowest BCUT2D eigenvalue weighted by Crippen LogP contribution is -2.60. The van der Waals surface area contributed by atoms with Crippen molar-refractivity contribution < 1.29 is 49.6 Å². The van der Waals surface area contributed by atoms with Crippen molar-refractivity contribution in [3.8, 4) is 23.0 Å². The minimum Gasteiger partial charge on any atom is -0.508 e. The number of phenolic OH excluding ortho intramolecular Hbond substituents is 2. The maximum Gasteiger partial charge on any atom is 0.229 e. The molecule has 2 aromatic carbocycles. The van der Waals surface area contributed by atoms with E-state index in [9.17, 15) is 35.4 Å². The van der Waals surface area contributed by atoms with Crippen LogP contribution in [0.4, 0.5) is 0 Å². The zero-order chi connectivity index (χ0) is 22.3. The number of ketones is 1. The Hall–Kier alpha value is -2.89. The molecule has 4 rings (SSSR count). The van der Waals surface area contributed by atoms with Crippen LogP contribution in [0, 0.1) is 0 Å². The molecule has 1 saturated heterocycles. The summed E-state index contributed by atoms with van der Waals surface area (Å²) in [6.07, 6.45) is -8.09.